The molecule has 0 saturated carbocycles. The summed E-state index contributed by atoms with van der Waals surface area (Å²) in [6.45, 7) is 0.661. The first-order chi connectivity index (χ1) is 9.97. The van der Waals surface area contributed by atoms with Crippen molar-refractivity contribution in [2.45, 2.75) is 6.10 Å². The Morgan fingerprint density at radius 1 is 1.38 bits per heavy atom. The van der Waals surface area contributed by atoms with Crippen LogP contribution < -0.4 is 10.6 Å². The van der Waals surface area contributed by atoms with Crippen LogP contribution in [0.25, 0.3) is 0 Å². The molecule has 0 spiro atoms. The molecule has 21 heavy (non-hydrogen) atoms. The molecule has 0 bridgehead atoms. The molecule has 3 N–H and O–H groups in total. The summed E-state index contributed by atoms with van der Waals surface area (Å²) in [5, 5.41) is 14.1. The minimum atomic E-state index is -1.03. The van der Waals surface area contributed by atoms with Crippen LogP contribution in [0.2, 0.25) is 0 Å². The molecule has 2 amide bonds. The second kappa shape index (κ2) is 8.60. The molecule has 0 saturated heterocycles. The van der Waals surface area contributed by atoms with Gasteiger partial charge in [-0.15, -0.1) is 0 Å². The number of carbonyl (C=O) groups excluding carboxylic acids is 1. The lowest BCUT2D eigenvalue weighted by Crippen LogP contribution is -2.38. The van der Waals surface area contributed by atoms with Crippen LogP contribution in [0.4, 0.5) is 10.5 Å². The van der Waals surface area contributed by atoms with Gasteiger partial charge in [0.15, 0.2) is 0 Å². The molecule has 0 fully saturated rings. The molecule has 1 aromatic carbocycles. The van der Waals surface area contributed by atoms with E-state index < -0.39 is 12.0 Å². The van der Waals surface area contributed by atoms with Crippen molar-refractivity contribution in [3.05, 3.63) is 28.2 Å². The number of halogens is 1. The molecule has 0 aromatic heterocycles. The van der Waals surface area contributed by atoms with Gasteiger partial charge in [-0.05, 0) is 34.1 Å². The number of hydrogen-bond acceptors (Lipinski definition) is 4. The normalized spacial score (nSPS) is 11.8. The molecule has 0 aliphatic carbocycles. The number of benzene rings is 1. The summed E-state index contributed by atoms with van der Waals surface area (Å²) in [4.78, 5) is 22.6. The van der Waals surface area contributed by atoms with Gasteiger partial charge in [0.1, 0.15) is 0 Å². The van der Waals surface area contributed by atoms with Gasteiger partial charge in [-0.25, -0.2) is 9.59 Å². The van der Waals surface area contributed by atoms with E-state index in [1.165, 1.54) is 25.3 Å². The fourth-order valence-electron chi connectivity index (χ4n) is 1.52. The van der Waals surface area contributed by atoms with Gasteiger partial charge in [0.05, 0.1) is 24.0 Å². The highest BCUT2D eigenvalue weighted by Gasteiger charge is 2.11. The van der Waals surface area contributed by atoms with Crippen LogP contribution in [-0.2, 0) is 9.47 Å². The molecule has 0 aliphatic rings. The summed E-state index contributed by atoms with van der Waals surface area (Å²) < 4.78 is 10.5. The molecule has 0 radical (unpaired) electrons. The van der Waals surface area contributed by atoms with Gasteiger partial charge in [-0.2, -0.15) is 0 Å². The Balaban J connectivity index is 2.57. The number of anilines is 1. The quantitative estimate of drug-likeness (QED) is 0.690. The van der Waals surface area contributed by atoms with Crippen molar-refractivity contribution in [3.63, 3.8) is 0 Å². The first-order valence-corrected chi connectivity index (χ1v) is 6.86. The topological polar surface area (TPSA) is 96.9 Å². The third kappa shape index (κ3) is 5.70. The van der Waals surface area contributed by atoms with Gasteiger partial charge in [0.2, 0.25) is 0 Å². The van der Waals surface area contributed by atoms with Gasteiger partial charge < -0.3 is 25.2 Å². The molecular weight excluding hydrogens is 344 g/mol. The van der Waals surface area contributed by atoms with Crippen molar-refractivity contribution < 1.29 is 24.2 Å². The van der Waals surface area contributed by atoms with Gasteiger partial charge in [0, 0.05) is 25.2 Å². The summed E-state index contributed by atoms with van der Waals surface area (Å²) in [5.41, 5.74) is 0.602. The molecular formula is C13H17BrN2O5. The highest BCUT2D eigenvalue weighted by molar-refractivity contribution is 9.10. The van der Waals surface area contributed by atoms with E-state index >= 15 is 0 Å². The zero-order chi connectivity index (χ0) is 15.8. The van der Waals surface area contributed by atoms with Crippen LogP contribution in [0.15, 0.2) is 22.7 Å². The number of aromatic carboxylic acids is 1. The van der Waals surface area contributed by atoms with E-state index in [0.717, 1.165) is 0 Å². The van der Waals surface area contributed by atoms with E-state index in [9.17, 15) is 9.59 Å². The number of carboxylic acid groups (broad SMARTS) is 1. The van der Waals surface area contributed by atoms with E-state index in [-0.39, 0.29) is 11.7 Å². The summed E-state index contributed by atoms with van der Waals surface area (Å²) in [6, 6.07) is 3.92. The molecule has 1 rings (SSSR count). The highest BCUT2D eigenvalue weighted by Crippen LogP contribution is 2.23. The Labute approximate surface area is 130 Å². The highest BCUT2D eigenvalue weighted by atomic mass is 79.9. The summed E-state index contributed by atoms with van der Waals surface area (Å²) in [5.74, 6) is -1.03. The first kappa shape index (κ1) is 17.4. The molecule has 7 nitrogen and oxygen atoms in total. The van der Waals surface area contributed by atoms with Crippen molar-refractivity contribution >= 4 is 33.6 Å². The van der Waals surface area contributed by atoms with Crippen LogP contribution in [0.3, 0.4) is 0 Å². The fourth-order valence-corrected chi connectivity index (χ4v) is 2.00. The summed E-state index contributed by atoms with van der Waals surface area (Å²) in [6.07, 6.45) is -0.237. The molecule has 0 aliphatic heterocycles. The van der Waals surface area contributed by atoms with Crippen LogP contribution >= 0.6 is 15.9 Å². The lowest BCUT2D eigenvalue weighted by Gasteiger charge is -2.15. The zero-order valence-corrected chi connectivity index (χ0v) is 13.3. The Kier molecular flexibility index (Phi) is 7.13. The maximum Gasteiger partial charge on any atom is 0.335 e. The van der Waals surface area contributed by atoms with Crippen molar-refractivity contribution in [1.82, 2.24) is 5.32 Å². The van der Waals surface area contributed by atoms with Gasteiger partial charge in [-0.3, -0.25) is 0 Å². The van der Waals surface area contributed by atoms with Crippen molar-refractivity contribution in [1.29, 1.82) is 0 Å². The lowest BCUT2D eigenvalue weighted by atomic mass is 10.2. The lowest BCUT2D eigenvalue weighted by molar-refractivity contribution is 0.0307. The van der Waals surface area contributed by atoms with Gasteiger partial charge in [-0.1, -0.05) is 0 Å². The zero-order valence-electron chi connectivity index (χ0n) is 11.7. The van der Waals surface area contributed by atoms with E-state index in [2.05, 4.69) is 26.6 Å². The second-order valence-corrected chi connectivity index (χ2v) is 5.00. The number of ether oxygens (including phenoxy) is 2. The molecule has 1 atom stereocenters. The van der Waals surface area contributed by atoms with Crippen LogP contribution in [0, 0.1) is 0 Å². The third-order valence-corrected chi connectivity index (χ3v) is 3.30. The number of rotatable bonds is 7. The van der Waals surface area contributed by atoms with Gasteiger partial charge >= 0.3 is 12.0 Å². The van der Waals surface area contributed by atoms with Crippen molar-refractivity contribution in [3.8, 4) is 0 Å². The molecule has 116 valence electrons. The minimum Gasteiger partial charge on any atom is -0.478 e. The average Bonchev–Trinajstić information content (AvgIpc) is 2.45. The third-order valence-electron chi connectivity index (χ3n) is 2.64. The summed E-state index contributed by atoms with van der Waals surface area (Å²) >= 11 is 3.21. The maximum absolute atomic E-state index is 11.8. The molecule has 0 heterocycles. The predicted octanol–water partition coefficient (Wildman–Crippen LogP) is 1.93. The Morgan fingerprint density at radius 3 is 2.62 bits per heavy atom. The van der Waals surface area contributed by atoms with Crippen LogP contribution in [0.1, 0.15) is 10.4 Å². The van der Waals surface area contributed by atoms with Crippen LogP contribution in [-0.4, -0.2) is 50.6 Å². The Morgan fingerprint density at radius 2 is 2.10 bits per heavy atom. The first-order valence-electron chi connectivity index (χ1n) is 6.07. The largest absolute Gasteiger partial charge is 0.478 e. The minimum absolute atomic E-state index is 0.132. The maximum atomic E-state index is 11.8. The smallest absolute Gasteiger partial charge is 0.335 e. The number of carboxylic acids is 1. The SMILES string of the molecule is COCC(CNC(=O)Nc1ccc(C(=O)O)cc1Br)OC. The fraction of sp³-hybridized carbons (Fsp3) is 0.385. The second-order valence-electron chi connectivity index (χ2n) is 4.15. The Hall–Kier alpha value is -1.64. The van der Waals surface area contributed by atoms with E-state index in [0.29, 0.717) is 23.3 Å². The predicted molar refractivity (Wildman–Crippen MR) is 80.8 cm³/mol. The Bertz CT molecular complexity index is 509. The molecule has 1 aromatic rings. The van der Waals surface area contributed by atoms with Crippen molar-refractivity contribution in [2.24, 2.45) is 0 Å². The number of nitrogens with one attached hydrogen (secondary N) is 2. The van der Waals surface area contributed by atoms with E-state index in [1.54, 1.807) is 7.11 Å². The van der Waals surface area contributed by atoms with Crippen LogP contribution in [0.5, 0.6) is 0 Å². The van der Waals surface area contributed by atoms with Gasteiger partial charge in [0.25, 0.3) is 0 Å². The number of carbonyl (C=O) groups is 2. The van der Waals surface area contributed by atoms with E-state index in [4.69, 9.17) is 14.6 Å². The number of amides is 2. The average molecular weight is 361 g/mol. The standard InChI is InChI=1S/C13H17BrN2O5/c1-20-7-9(21-2)6-15-13(19)16-11-4-3-8(12(17)18)5-10(11)14/h3-5,9H,6-7H2,1-2H3,(H,17,18)(H2,15,16,19). The van der Waals surface area contributed by atoms with Crippen molar-refractivity contribution in [2.75, 3.05) is 32.7 Å². The monoisotopic (exact) mass is 360 g/mol. The number of methoxy groups -OCH3 is 2. The molecule has 8 heteroatoms. The van der Waals surface area contributed by atoms with E-state index in [1.807, 2.05) is 0 Å². The molecule has 1 unspecified atom stereocenters. The number of hydrogen-bond donors (Lipinski definition) is 3. The summed E-state index contributed by atoms with van der Waals surface area (Å²) in [7, 11) is 3.08. The number of urea groups is 1.